The normalized spacial score (nSPS) is 15.1. The van der Waals surface area contributed by atoms with Crippen LogP contribution in [0.2, 0.25) is 0 Å². The molecule has 2 N–H and O–H groups in total. The van der Waals surface area contributed by atoms with Crippen LogP contribution in [0, 0.1) is 0 Å². The second-order valence-corrected chi connectivity index (χ2v) is 8.39. The van der Waals surface area contributed by atoms with Gasteiger partial charge in [0.2, 0.25) is 0 Å². The number of rotatable bonds is 9. The maximum Gasteiger partial charge on any atom is 0.191 e. The summed E-state index contributed by atoms with van der Waals surface area (Å²) in [6.07, 6.45) is 8.62. The van der Waals surface area contributed by atoms with Crippen LogP contribution >= 0.6 is 35.7 Å². The standard InChI is InChI=1S/C20H29N5S.HI/c1-3-21-19(22-13-7-8-17-14-24-25(2)15-17)23-16-20(11-12-20)26-18-9-5-4-6-10-18;/h4-6,9-10,14-15H,3,7-8,11-13,16H2,1-2H3,(H2,21,22,23);1H. The quantitative estimate of drug-likeness (QED) is 0.238. The van der Waals surface area contributed by atoms with Gasteiger partial charge in [-0.3, -0.25) is 9.67 Å². The molecule has 0 bridgehead atoms. The van der Waals surface area contributed by atoms with Crippen LogP contribution in [0.25, 0.3) is 0 Å². The van der Waals surface area contributed by atoms with Crippen molar-refractivity contribution in [2.75, 3.05) is 19.6 Å². The Morgan fingerprint density at radius 3 is 2.67 bits per heavy atom. The third-order valence-electron chi connectivity index (χ3n) is 4.45. The molecular formula is C20H30IN5S. The Bertz CT molecular complexity index is 712. The highest BCUT2D eigenvalue weighted by molar-refractivity contribution is 14.0. The van der Waals surface area contributed by atoms with Gasteiger partial charge >= 0.3 is 0 Å². The molecule has 0 saturated heterocycles. The van der Waals surface area contributed by atoms with Gasteiger partial charge < -0.3 is 10.6 Å². The van der Waals surface area contributed by atoms with Crippen molar-refractivity contribution in [3.8, 4) is 0 Å². The van der Waals surface area contributed by atoms with Crippen LogP contribution in [0.1, 0.15) is 31.7 Å². The van der Waals surface area contributed by atoms with Crippen molar-refractivity contribution < 1.29 is 0 Å². The average molecular weight is 499 g/mol. The molecule has 3 rings (SSSR count). The van der Waals surface area contributed by atoms with Gasteiger partial charge in [-0.15, -0.1) is 35.7 Å². The Kier molecular flexibility index (Phi) is 8.95. The van der Waals surface area contributed by atoms with Gasteiger partial charge in [-0.2, -0.15) is 5.10 Å². The summed E-state index contributed by atoms with van der Waals surface area (Å²) in [5.41, 5.74) is 1.28. The molecule has 2 aromatic rings. The highest BCUT2D eigenvalue weighted by atomic mass is 127. The van der Waals surface area contributed by atoms with Gasteiger partial charge in [-0.1, -0.05) is 18.2 Å². The Labute approximate surface area is 183 Å². The second-order valence-electron chi connectivity index (χ2n) is 6.85. The highest BCUT2D eigenvalue weighted by Gasteiger charge is 2.43. The summed E-state index contributed by atoms with van der Waals surface area (Å²) >= 11 is 1.97. The first kappa shape index (κ1) is 22.1. The molecule has 0 unspecified atom stereocenters. The number of hydrogen-bond donors (Lipinski definition) is 2. The Hall–Kier alpha value is -1.22. The lowest BCUT2D eigenvalue weighted by Gasteiger charge is -2.15. The minimum Gasteiger partial charge on any atom is -0.357 e. The highest BCUT2D eigenvalue weighted by Crippen LogP contribution is 2.51. The minimum atomic E-state index is 0. The number of hydrogen-bond acceptors (Lipinski definition) is 3. The van der Waals surface area contributed by atoms with Gasteiger partial charge in [0, 0.05) is 36.0 Å². The third-order valence-corrected chi connectivity index (χ3v) is 5.93. The Balaban J connectivity index is 0.00000261. The number of aromatic nitrogens is 2. The molecule has 1 heterocycles. The van der Waals surface area contributed by atoms with E-state index in [9.17, 15) is 0 Å². The predicted octanol–water partition coefficient (Wildman–Crippen LogP) is 3.85. The number of thioether (sulfide) groups is 1. The molecule has 1 saturated carbocycles. The number of aliphatic imine (C=N–C) groups is 1. The SMILES string of the molecule is CCNC(=NCC1(Sc2ccccc2)CC1)NCCCc1cnn(C)c1.I. The van der Waals surface area contributed by atoms with E-state index in [0.29, 0.717) is 4.75 Å². The van der Waals surface area contributed by atoms with Crippen LogP contribution in [-0.4, -0.2) is 40.1 Å². The molecule has 148 valence electrons. The Morgan fingerprint density at radius 1 is 1.26 bits per heavy atom. The Morgan fingerprint density at radius 2 is 2.04 bits per heavy atom. The van der Waals surface area contributed by atoms with Crippen LogP contribution in [-0.2, 0) is 13.5 Å². The van der Waals surface area contributed by atoms with Gasteiger partial charge in [0.05, 0.1) is 12.7 Å². The van der Waals surface area contributed by atoms with Gasteiger partial charge in [0.15, 0.2) is 5.96 Å². The maximum atomic E-state index is 4.85. The van der Waals surface area contributed by atoms with E-state index in [0.717, 1.165) is 38.4 Å². The molecule has 0 radical (unpaired) electrons. The summed E-state index contributed by atoms with van der Waals surface area (Å²) in [6.45, 7) is 4.77. The minimum absolute atomic E-state index is 0. The van der Waals surface area contributed by atoms with E-state index in [4.69, 9.17) is 4.99 Å². The van der Waals surface area contributed by atoms with Gasteiger partial charge in [0.1, 0.15) is 0 Å². The smallest absolute Gasteiger partial charge is 0.191 e. The zero-order valence-corrected chi connectivity index (χ0v) is 19.3. The van der Waals surface area contributed by atoms with Crippen LogP contribution in [0.5, 0.6) is 0 Å². The zero-order valence-electron chi connectivity index (χ0n) is 16.1. The van der Waals surface area contributed by atoms with E-state index in [1.807, 2.05) is 29.7 Å². The molecule has 1 fully saturated rings. The van der Waals surface area contributed by atoms with E-state index in [1.165, 1.54) is 23.3 Å². The fourth-order valence-electron chi connectivity index (χ4n) is 2.84. The summed E-state index contributed by atoms with van der Waals surface area (Å²) in [4.78, 5) is 6.19. The topological polar surface area (TPSA) is 54.2 Å². The number of aryl methyl sites for hydroxylation is 2. The van der Waals surface area contributed by atoms with Crippen molar-refractivity contribution in [3.63, 3.8) is 0 Å². The number of halogens is 1. The lowest BCUT2D eigenvalue weighted by Crippen LogP contribution is -2.38. The molecular weight excluding hydrogens is 469 g/mol. The molecule has 27 heavy (non-hydrogen) atoms. The molecule has 0 aliphatic heterocycles. The number of guanidine groups is 1. The van der Waals surface area contributed by atoms with Crippen LogP contribution in [0.15, 0.2) is 52.6 Å². The molecule has 1 aliphatic rings. The second kappa shape index (κ2) is 10.9. The first-order chi connectivity index (χ1) is 12.7. The lowest BCUT2D eigenvalue weighted by molar-refractivity contribution is 0.738. The molecule has 0 amide bonds. The molecule has 0 spiro atoms. The number of benzene rings is 1. The van der Waals surface area contributed by atoms with Crippen molar-refractivity contribution in [1.82, 2.24) is 20.4 Å². The predicted molar refractivity (Wildman–Crippen MR) is 125 cm³/mol. The molecule has 1 aromatic carbocycles. The van der Waals surface area contributed by atoms with Crippen molar-refractivity contribution in [3.05, 3.63) is 48.3 Å². The van der Waals surface area contributed by atoms with E-state index in [1.54, 1.807) is 0 Å². The maximum absolute atomic E-state index is 4.85. The van der Waals surface area contributed by atoms with Crippen LogP contribution < -0.4 is 10.6 Å². The monoisotopic (exact) mass is 499 g/mol. The van der Waals surface area contributed by atoms with E-state index in [2.05, 4.69) is 59.2 Å². The molecule has 0 atom stereocenters. The largest absolute Gasteiger partial charge is 0.357 e. The van der Waals surface area contributed by atoms with Gasteiger partial charge in [0.25, 0.3) is 0 Å². The van der Waals surface area contributed by atoms with Crippen LogP contribution in [0.4, 0.5) is 0 Å². The first-order valence-corrected chi connectivity index (χ1v) is 10.2. The third kappa shape index (κ3) is 7.37. The van der Waals surface area contributed by atoms with E-state index in [-0.39, 0.29) is 24.0 Å². The van der Waals surface area contributed by atoms with Crippen molar-refractivity contribution in [2.24, 2.45) is 12.0 Å². The average Bonchev–Trinajstić information content (AvgIpc) is 3.28. The zero-order chi connectivity index (χ0) is 18.2. The first-order valence-electron chi connectivity index (χ1n) is 9.43. The molecule has 5 nitrogen and oxygen atoms in total. The molecule has 1 aromatic heterocycles. The van der Waals surface area contributed by atoms with Gasteiger partial charge in [-0.05, 0) is 50.3 Å². The molecule has 1 aliphatic carbocycles. The summed E-state index contributed by atoms with van der Waals surface area (Å²) in [7, 11) is 1.96. The number of nitrogens with zero attached hydrogens (tertiary/aromatic N) is 3. The van der Waals surface area contributed by atoms with E-state index >= 15 is 0 Å². The van der Waals surface area contributed by atoms with Gasteiger partial charge in [-0.25, -0.2) is 0 Å². The fraction of sp³-hybridized carbons (Fsp3) is 0.500. The molecule has 7 heteroatoms. The number of nitrogens with one attached hydrogen (secondary N) is 2. The summed E-state index contributed by atoms with van der Waals surface area (Å²) in [5.74, 6) is 0.929. The van der Waals surface area contributed by atoms with Crippen molar-refractivity contribution in [2.45, 2.75) is 42.2 Å². The van der Waals surface area contributed by atoms with Crippen molar-refractivity contribution >= 4 is 41.7 Å². The lowest BCUT2D eigenvalue weighted by atomic mass is 10.2. The van der Waals surface area contributed by atoms with Crippen molar-refractivity contribution in [1.29, 1.82) is 0 Å². The summed E-state index contributed by atoms with van der Waals surface area (Å²) in [5, 5.41) is 11.0. The van der Waals surface area contributed by atoms with Crippen LogP contribution in [0.3, 0.4) is 0 Å². The summed E-state index contributed by atoms with van der Waals surface area (Å²) in [6, 6.07) is 10.7. The fourth-order valence-corrected chi connectivity index (χ4v) is 4.06. The van der Waals surface area contributed by atoms with E-state index < -0.39 is 0 Å². The summed E-state index contributed by atoms with van der Waals surface area (Å²) < 4.78 is 2.15.